The van der Waals surface area contributed by atoms with Crippen molar-refractivity contribution in [2.24, 2.45) is 7.05 Å². The second-order valence-electron chi connectivity index (χ2n) is 3.78. The molecule has 0 unspecified atom stereocenters. The van der Waals surface area contributed by atoms with Gasteiger partial charge in [-0.05, 0) is 6.07 Å². The number of aliphatic carboxylic acids is 1. The van der Waals surface area contributed by atoms with Gasteiger partial charge in [0.05, 0.1) is 5.75 Å². The molecule has 7 heteroatoms. The molecule has 2 aromatic heterocycles. The fourth-order valence-corrected chi connectivity index (χ4v) is 2.32. The van der Waals surface area contributed by atoms with Gasteiger partial charge in [-0.1, -0.05) is 11.8 Å². The summed E-state index contributed by atoms with van der Waals surface area (Å²) in [5.41, 5.74) is 1.14. The Morgan fingerprint density at radius 3 is 3.00 bits per heavy atom. The molecule has 0 fully saturated rings. The second-order valence-corrected chi connectivity index (χ2v) is 4.72. The largest absolute Gasteiger partial charge is 0.481 e. The monoisotopic (exact) mass is 266 g/mol. The number of carboxylic acids is 1. The quantitative estimate of drug-likeness (QED) is 0.791. The van der Waals surface area contributed by atoms with Gasteiger partial charge >= 0.3 is 5.97 Å². The van der Waals surface area contributed by atoms with Crippen LogP contribution >= 0.6 is 11.8 Å². The maximum Gasteiger partial charge on any atom is 0.313 e. The molecule has 1 N–H and O–H groups in total. The zero-order valence-corrected chi connectivity index (χ0v) is 10.8. The zero-order chi connectivity index (χ0) is 13.0. The minimum Gasteiger partial charge on any atom is -0.481 e. The topological polar surface area (TPSA) is 72.9 Å². The molecule has 0 bridgehead atoms. The summed E-state index contributed by atoms with van der Waals surface area (Å²) in [7, 11) is 1.91. The van der Waals surface area contributed by atoms with E-state index < -0.39 is 5.97 Å². The van der Waals surface area contributed by atoms with E-state index >= 15 is 0 Å². The van der Waals surface area contributed by atoms with Crippen LogP contribution in [-0.4, -0.2) is 36.2 Å². The fraction of sp³-hybridized carbons (Fsp3) is 0.364. The Kier molecular flexibility index (Phi) is 4.03. The lowest BCUT2D eigenvalue weighted by Gasteiger charge is -2.06. The van der Waals surface area contributed by atoms with Crippen molar-refractivity contribution < 1.29 is 9.90 Å². The summed E-state index contributed by atoms with van der Waals surface area (Å²) in [6.07, 6.45) is 6.16. The highest BCUT2D eigenvalue weighted by Gasteiger charge is 2.07. The number of thioether (sulfide) groups is 1. The van der Waals surface area contributed by atoms with Gasteiger partial charge in [0, 0.05) is 44.3 Å². The van der Waals surface area contributed by atoms with Crippen molar-refractivity contribution in [1.29, 1.82) is 0 Å². The van der Waals surface area contributed by atoms with Crippen LogP contribution in [0.4, 0.5) is 0 Å². The molecule has 0 spiro atoms. The van der Waals surface area contributed by atoms with Crippen LogP contribution in [0.5, 0.6) is 0 Å². The summed E-state index contributed by atoms with van der Waals surface area (Å²) in [5, 5.41) is 13.5. The summed E-state index contributed by atoms with van der Waals surface area (Å²) >= 11 is 1.23. The Balaban J connectivity index is 1.95. The lowest BCUT2D eigenvalue weighted by Crippen LogP contribution is -2.07. The van der Waals surface area contributed by atoms with E-state index in [1.54, 1.807) is 12.4 Å². The lowest BCUT2D eigenvalue weighted by molar-refractivity contribution is -0.133. The first-order valence-corrected chi connectivity index (χ1v) is 6.48. The van der Waals surface area contributed by atoms with E-state index in [0.29, 0.717) is 0 Å². The zero-order valence-electron chi connectivity index (χ0n) is 9.98. The van der Waals surface area contributed by atoms with Gasteiger partial charge < -0.3 is 9.67 Å². The van der Waals surface area contributed by atoms with E-state index in [1.807, 2.05) is 28.6 Å². The Labute approximate surface area is 109 Å². The number of aryl methyl sites for hydroxylation is 3. The molecule has 6 nitrogen and oxygen atoms in total. The number of carboxylic acid groups (broad SMARTS) is 1. The van der Waals surface area contributed by atoms with E-state index in [4.69, 9.17) is 5.11 Å². The molecule has 0 saturated carbocycles. The third-order valence-electron chi connectivity index (χ3n) is 2.53. The highest BCUT2D eigenvalue weighted by Crippen LogP contribution is 2.15. The van der Waals surface area contributed by atoms with E-state index in [9.17, 15) is 4.79 Å². The van der Waals surface area contributed by atoms with Gasteiger partial charge in [-0.3, -0.25) is 9.48 Å². The van der Waals surface area contributed by atoms with Crippen LogP contribution in [0.2, 0.25) is 0 Å². The van der Waals surface area contributed by atoms with Crippen molar-refractivity contribution >= 4 is 17.7 Å². The first-order chi connectivity index (χ1) is 8.66. The number of hydrogen-bond donors (Lipinski definition) is 1. The van der Waals surface area contributed by atoms with Crippen LogP contribution in [0.1, 0.15) is 5.69 Å². The molecule has 0 atom stereocenters. The molecule has 18 heavy (non-hydrogen) atoms. The number of imidazole rings is 1. The summed E-state index contributed by atoms with van der Waals surface area (Å²) in [4.78, 5) is 14.7. The third-order valence-corrected chi connectivity index (χ3v) is 3.52. The molecule has 2 heterocycles. The highest BCUT2D eigenvalue weighted by atomic mass is 32.2. The van der Waals surface area contributed by atoms with Crippen LogP contribution in [0.25, 0.3) is 0 Å². The fourth-order valence-electron chi connectivity index (χ4n) is 1.61. The summed E-state index contributed by atoms with van der Waals surface area (Å²) in [6.45, 7) is 0.765. The van der Waals surface area contributed by atoms with Crippen molar-refractivity contribution in [2.45, 2.75) is 18.1 Å². The average molecular weight is 266 g/mol. The summed E-state index contributed by atoms with van der Waals surface area (Å²) in [6, 6.07) is 1.97. The standard InChI is InChI=1S/C11H14N4O2S/c1-14-9(2-4-13-14)3-6-15-7-5-12-11(15)18-8-10(16)17/h2,4-5,7H,3,6,8H2,1H3,(H,16,17). The van der Waals surface area contributed by atoms with E-state index in [1.165, 1.54) is 11.8 Å². The normalized spacial score (nSPS) is 10.7. The summed E-state index contributed by atoms with van der Waals surface area (Å²) < 4.78 is 3.79. The Bertz CT molecular complexity index is 535. The molecule has 0 aromatic carbocycles. The molecule has 96 valence electrons. The van der Waals surface area contributed by atoms with E-state index in [0.717, 1.165) is 23.8 Å². The van der Waals surface area contributed by atoms with Gasteiger partial charge in [0.1, 0.15) is 0 Å². The van der Waals surface area contributed by atoms with Crippen molar-refractivity contribution in [3.63, 3.8) is 0 Å². The Morgan fingerprint density at radius 2 is 2.33 bits per heavy atom. The Hall–Kier alpha value is -1.76. The van der Waals surface area contributed by atoms with Crippen molar-refractivity contribution in [3.8, 4) is 0 Å². The molecule has 0 aliphatic rings. The lowest BCUT2D eigenvalue weighted by atomic mass is 10.3. The molecular formula is C11H14N4O2S. The minimum atomic E-state index is -0.832. The first kappa shape index (κ1) is 12.7. The SMILES string of the molecule is Cn1nccc1CCn1ccnc1SCC(=O)O. The maximum absolute atomic E-state index is 10.5. The smallest absolute Gasteiger partial charge is 0.313 e. The second kappa shape index (κ2) is 5.72. The van der Waals surface area contributed by atoms with Crippen LogP contribution in [0.15, 0.2) is 29.8 Å². The van der Waals surface area contributed by atoms with Crippen LogP contribution in [0, 0.1) is 0 Å². The predicted octanol–water partition coefficient (Wildman–Crippen LogP) is 1.04. The average Bonchev–Trinajstić information content (AvgIpc) is 2.92. The van der Waals surface area contributed by atoms with Crippen LogP contribution in [0.3, 0.4) is 0 Å². The van der Waals surface area contributed by atoms with Gasteiger partial charge in [-0.25, -0.2) is 4.98 Å². The van der Waals surface area contributed by atoms with Gasteiger partial charge in [0.25, 0.3) is 0 Å². The van der Waals surface area contributed by atoms with Crippen molar-refractivity contribution in [3.05, 3.63) is 30.4 Å². The van der Waals surface area contributed by atoms with Gasteiger partial charge in [-0.2, -0.15) is 5.10 Å². The first-order valence-electron chi connectivity index (χ1n) is 5.49. The Morgan fingerprint density at radius 1 is 1.50 bits per heavy atom. The number of aromatic nitrogens is 4. The van der Waals surface area contributed by atoms with Crippen molar-refractivity contribution in [1.82, 2.24) is 19.3 Å². The molecule has 2 aromatic rings. The molecular weight excluding hydrogens is 252 g/mol. The highest BCUT2D eigenvalue weighted by molar-refractivity contribution is 7.99. The van der Waals surface area contributed by atoms with Gasteiger partial charge in [0.15, 0.2) is 5.16 Å². The van der Waals surface area contributed by atoms with E-state index in [2.05, 4.69) is 10.1 Å². The molecule has 0 aliphatic heterocycles. The molecule has 0 amide bonds. The van der Waals surface area contributed by atoms with Gasteiger partial charge in [-0.15, -0.1) is 0 Å². The number of hydrogen-bond acceptors (Lipinski definition) is 4. The third kappa shape index (κ3) is 3.13. The predicted molar refractivity (Wildman–Crippen MR) is 67.5 cm³/mol. The van der Waals surface area contributed by atoms with Gasteiger partial charge in [0.2, 0.25) is 0 Å². The summed E-state index contributed by atoms with van der Waals surface area (Å²) in [5.74, 6) is -0.802. The molecule has 0 saturated heterocycles. The minimum absolute atomic E-state index is 0.0305. The van der Waals surface area contributed by atoms with Crippen LogP contribution < -0.4 is 0 Å². The number of carbonyl (C=O) groups is 1. The van der Waals surface area contributed by atoms with Crippen LogP contribution in [-0.2, 0) is 24.8 Å². The van der Waals surface area contributed by atoms with E-state index in [-0.39, 0.29) is 5.75 Å². The molecule has 0 radical (unpaired) electrons. The van der Waals surface area contributed by atoms with Crippen molar-refractivity contribution in [2.75, 3.05) is 5.75 Å². The molecule has 0 aliphatic carbocycles. The molecule has 2 rings (SSSR count). The maximum atomic E-state index is 10.5. The number of rotatable bonds is 6. The number of nitrogens with zero attached hydrogens (tertiary/aromatic N) is 4.